The maximum absolute atomic E-state index is 12.7. The molecule has 4 nitrogen and oxygen atoms in total. The fourth-order valence-corrected chi connectivity index (χ4v) is 3.19. The average molecular weight is 346 g/mol. The molecule has 0 aliphatic carbocycles. The smallest absolute Gasteiger partial charge is 0.223 e. The second-order valence-electron chi connectivity index (χ2n) is 5.86. The van der Waals surface area contributed by atoms with Crippen LogP contribution in [-0.4, -0.2) is 42.2 Å². The SMILES string of the molecule is O=C(C[C@H](c1ccccc1)c1cc(Cl)ccc1O)N1CCOCC1. The third kappa shape index (κ3) is 3.89. The molecule has 3 rings (SSSR count). The summed E-state index contributed by atoms with van der Waals surface area (Å²) in [4.78, 5) is 14.5. The monoisotopic (exact) mass is 345 g/mol. The second kappa shape index (κ2) is 7.69. The van der Waals surface area contributed by atoms with Crippen LogP contribution in [0.1, 0.15) is 23.5 Å². The topological polar surface area (TPSA) is 49.8 Å². The Kier molecular flexibility index (Phi) is 5.38. The predicted molar refractivity (Wildman–Crippen MR) is 93.4 cm³/mol. The van der Waals surface area contributed by atoms with Gasteiger partial charge in [0.15, 0.2) is 0 Å². The second-order valence-corrected chi connectivity index (χ2v) is 6.30. The summed E-state index contributed by atoms with van der Waals surface area (Å²) in [7, 11) is 0. The summed E-state index contributed by atoms with van der Waals surface area (Å²) < 4.78 is 5.31. The minimum absolute atomic E-state index is 0.0616. The van der Waals surface area contributed by atoms with Crippen LogP contribution in [0.5, 0.6) is 5.75 Å². The molecule has 1 fully saturated rings. The molecule has 1 atom stereocenters. The highest BCUT2D eigenvalue weighted by atomic mass is 35.5. The Morgan fingerprint density at radius 1 is 1.17 bits per heavy atom. The molecule has 0 bridgehead atoms. The number of morpholine rings is 1. The van der Waals surface area contributed by atoms with Gasteiger partial charge in [-0.15, -0.1) is 0 Å². The van der Waals surface area contributed by atoms with Gasteiger partial charge in [0.25, 0.3) is 0 Å². The first kappa shape index (κ1) is 16.8. The molecule has 0 radical (unpaired) electrons. The van der Waals surface area contributed by atoms with Crippen LogP contribution >= 0.6 is 11.6 Å². The summed E-state index contributed by atoms with van der Waals surface area (Å²) in [5.74, 6) is -0.0187. The molecular weight excluding hydrogens is 326 g/mol. The van der Waals surface area contributed by atoms with E-state index in [4.69, 9.17) is 16.3 Å². The van der Waals surface area contributed by atoms with Gasteiger partial charge in [0.2, 0.25) is 5.91 Å². The van der Waals surface area contributed by atoms with Crippen molar-refractivity contribution in [1.29, 1.82) is 0 Å². The quantitative estimate of drug-likeness (QED) is 0.923. The number of phenolic OH excluding ortho intramolecular Hbond substituents is 1. The maximum Gasteiger partial charge on any atom is 0.223 e. The van der Waals surface area contributed by atoms with Crippen molar-refractivity contribution in [2.75, 3.05) is 26.3 Å². The highest BCUT2D eigenvalue weighted by Gasteiger charge is 2.25. The highest BCUT2D eigenvalue weighted by Crippen LogP contribution is 2.36. The van der Waals surface area contributed by atoms with Crippen molar-refractivity contribution < 1.29 is 14.6 Å². The van der Waals surface area contributed by atoms with Crippen LogP contribution in [0, 0.1) is 0 Å². The Balaban J connectivity index is 1.90. The van der Waals surface area contributed by atoms with Gasteiger partial charge in [0, 0.05) is 36.0 Å². The minimum Gasteiger partial charge on any atom is -0.508 e. The van der Waals surface area contributed by atoms with E-state index in [1.165, 1.54) is 0 Å². The number of nitrogens with zero attached hydrogens (tertiary/aromatic N) is 1. The molecule has 2 aromatic rings. The largest absolute Gasteiger partial charge is 0.508 e. The number of amides is 1. The zero-order valence-electron chi connectivity index (χ0n) is 13.3. The van der Waals surface area contributed by atoms with Crippen LogP contribution in [-0.2, 0) is 9.53 Å². The number of hydrogen-bond acceptors (Lipinski definition) is 3. The first-order valence-electron chi connectivity index (χ1n) is 8.04. The van der Waals surface area contributed by atoms with Gasteiger partial charge < -0.3 is 14.7 Å². The van der Waals surface area contributed by atoms with E-state index in [-0.39, 0.29) is 24.0 Å². The first-order valence-corrected chi connectivity index (χ1v) is 8.42. The van der Waals surface area contributed by atoms with Gasteiger partial charge in [0.05, 0.1) is 13.2 Å². The molecule has 1 aliphatic heterocycles. The van der Waals surface area contributed by atoms with E-state index in [1.807, 2.05) is 35.2 Å². The summed E-state index contributed by atoms with van der Waals surface area (Å²) >= 11 is 6.11. The van der Waals surface area contributed by atoms with Gasteiger partial charge in [-0.3, -0.25) is 4.79 Å². The molecular formula is C19H20ClNO3. The summed E-state index contributed by atoms with van der Waals surface area (Å²) in [5.41, 5.74) is 1.66. The van der Waals surface area contributed by atoms with Crippen LogP contribution in [0.3, 0.4) is 0 Å². The van der Waals surface area contributed by atoms with Crippen molar-refractivity contribution in [3.63, 3.8) is 0 Å². The number of ether oxygens (including phenoxy) is 1. The standard InChI is InChI=1S/C19H20ClNO3/c20-15-6-7-18(22)17(12-15)16(14-4-2-1-3-5-14)13-19(23)21-8-10-24-11-9-21/h1-7,12,16,22H,8-11,13H2/t16-/m1/s1. The molecule has 1 heterocycles. The molecule has 1 N–H and O–H groups in total. The molecule has 0 saturated carbocycles. The molecule has 126 valence electrons. The van der Waals surface area contributed by atoms with Gasteiger partial charge in [-0.2, -0.15) is 0 Å². The fraction of sp³-hybridized carbons (Fsp3) is 0.316. The first-order chi connectivity index (χ1) is 11.6. The molecule has 2 aromatic carbocycles. The summed E-state index contributed by atoms with van der Waals surface area (Å²) in [5, 5.41) is 10.8. The number of carbonyl (C=O) groups is 1. The van der Waals surface area contributed by atoms with Crippen LogP contribution in [0.2, 0.25) is 5.02 Å². The molecule has 0 spiro atoms. The zero-order chi connectivity index (χ0) is 16.9. The summed E-state index contributed by atoms with van der Waals surface area (Å²) in [6.07, 6.45) is 0.290. The average Bonchev–Trinajstić information content (AvgIpc) is 2.63. The number of phenols is 1. The van der Waals surface area contributed by atoms with E-state index in [9.17, 15) is 9.90 Å². The van der Waals surface area contributed by atoms with E-state index >= 15 is 0 Å². The van der Waals surface area contributed by atoms with E-state index in [1.54, 1.807) is 18.2 Å². The predicted octanol–water partition coefficient (Wildman–Crippen LogP) is 3.43. The van der Waals surface area contributed by atoms with Crippen LogP contribution in [0.15, 0.2) is 48.5 Å². The number of benzene rings is 2. The lowest BCUT2D eigenvalue weighted by Gasteiger charge is -2.29. The highest BCUT2D eigenvalue weighted by molar-refractivity contribution is 6.30. The lowest BCUT2D eigenvalue weighted by molar-refractivity contribution is -0.135. The maximum atomic E-state index is 12.7. The van der Waals surface area contributed by atoms with E-state index in [2.05, 4.69) is 0 Å². The Labute approximate surface area is 146 Å². The lowest BCUT2D eigenvalue weighted by atomic mass is 9.87. The van der Waals surface area contributed by atoms with Gasteiger partial charge in [-0.25, -0.2) is 0 Å². The van der Waals surface area contributed by atoms with E-state index < -0.39 is 0 Å². The van der Waals surface area contributed by atoms with Crippen molar-refractivity contribution in [1.82, 2.24) is 4.90 Å². The van der Waals surface area contributed by atoms with Crippen LogP contribution in [0.4, 0.5) is 0 Å². The number of halogens is 1. The van der Waals surface area contributed by atoms with Crippen LogP contribution in [0.25, 0.3) is 0 Å². The zero-order valence-corrected chi connectivity index (χ0v) is 14.1. The molecule has 0 unspecified atom stereocenters. The van der Waals surface area contributed by atoms with E-state index in [0.29, 0.717) is 36.9 Å². The van der Waals surface area contributed by atoms with Gasteiger partial charge in [-0.05, 0) is 23.8 Å². The van der Waals surface area contributed by atoms with Crippen molar-refractivity contribution in [2.45, 2.75) is 12.3 Å². The van der Waals surface area contributed by atoms with Gasteiger partial charge >= 0.3 is 0 Å². The Hall–Kier alpha value is -2.04. The minimum atomic E-state index is -0.236. The van der Waals surface area contributed by atoms with Gasteiger partial charge in [0.1, 0.15) is 5.75 Å². The summed E-state index contributed by atoms with van der Waals surface area (Å²) in [6, 6.07) is 14.7. The van der Waals surface area contributed by atoms with Gasteiger partial charge in [-0.1, -0.05) is 41.9 Å². The van der Waals surface area contributed by atoms with E-state index in [0.717, 1.165) is 5.56 Å². The normalized spacial score (nSPS) is 16.0. The molecule has 24 heavy (non-hydrogen) atoms. The Bertz CT molecular complexity index is 699. The third-order valence-electron chi connectivity index (χ3n) is 4.31. The lowest BCUT2D eigenvalue weighted by Crippen LogP contribution is -2.41. The number of carbonyl (C=O) groups excluding carboxylic acids is 1. The number of aromatic hydroxyl groups is 1. The van der Waals surface area contributed by atoms with Crippen LogP contribution < -0.4 is 0 Å². The molecule has 1 amide bonds. The molecule has 0 aromatic heterocycles. The molecule has 1 saturated heterocycles. The number of hydrogen-bond donors (Lipinski definition) is 1. The van der Waals surface area contributed by atoms with Crippen molar-refractivity contribution in [2.24, 2.45) is 0 Å². The molecule has 1 aliphatic rings. The molecule has 5 heteroatoms. The van der Waals surface area contributed by atoms with Crippen molar-refractivity contribution in [3.05, 3.63) is 64.7 Å². The Morgan fingerprint density at radius 3 is 2.58 bits per heavy atom. The van der Waals surface area contributed by atoms with Crippen molar-refractivity contribution >= 4 is 17.5 Å². The Morgan fingerprint density at radius 2 is 1.88 bits per heavy atom. The third-order valence-corrected chi connectivity index (χ3v) is 4.54. The summed E-state index contributed by atoms with van der Waals surface area (Å²) in [6.45, 7) is 2.37. The fourth-order valence-electron chi connectivity index (χ4n) is 3.01. The number of rotatable bonds is 4. The van der Waals surface area contributed by atoms with Crippen molar-refractivity contribution in [3.8, 4) is 5.75 Å².